The van der Waals surface area contributed by atoms with Gasteiger partial charge in [-0.2, -0.15) is 9.49 Å². The standard InChI is InChI=1S/C17H19FN6/c1-3-5-12-11(2)16(19)23-22-14(12)10-24-9-8-20-17(24)13-6-4-7-15(18)21-13/h4,6-9H,3,5,10H2,1-2H3,(H2,19,23). The lowest BCUT2D eigenvalue weighted by molar-refractivity contribution is 0.584. The molecular formula is C17H19FN6. The summed E-state index contributed by atoms with van der Waals surface area (Å²) in [5.41, 5.74) is 9.29. The summed E-state index contributed by atoms with van der Waals surface area (Å²) < 4.78 is 15.3. The molecule has 3 aromatic rings. The summed E-state index contributed by atoms with van der Waals surface area (Å²) in [7, 11) is 0. The first-order valence-electron chi connectivity index (χ1n) is 7.84. The molecule has 0 bridgehead atoms. The number of rotatable bonds is 5. The highest BCUT2D eigenvalue weighted by molar-refractivity contribution is 5.50. The Morgan fingerprint density at radius 1 is 1.25 bits per heavy atom. The molecule has 7 heteroatoms. The number of halogens is 1. The van der Waals surface area contributed by atoms with Crippen LogP contribution in [-0.2, 0) is 13.0 Å². The van der Waals surface area contributed by atoms with E-state index < -0.39 is 5.95 Å². The Hall–Kier alpha value is -2.83. The Balaban J connectivity index is 1.99. The van der Waals surface area contributed by atoms with E-state index in [2.05, 4.69) is 27.1 Å². The zero-order valence-electron chi connectivity index (χ0n) is 13.7. The Bertz CT molecular complexity index is 858. The van der Waals surface area contributed by atoms with Gasteiger partial charge in [0.2, 0.25) is 5.95 Å². The van der Waals surface area contributed by atoms with Gasteiger partial charge in [-0.15, -0.1) is 5.10 Å². The Morgan fingerprint density at radius 3 is 2.83 bits per heavy atom. The third kappa shape index (κ3) is 3.10. The molecule has 3 rings (SSSR count). The van der Waals surface area contributed by atoms with Crippen molar-refractivity contribution >= 4 is 5.82 Å². The summed E-state index contributed by atoms with van der Waals surface area (Å²) >= 11 is 0. The molecule has 0 radical (unpaired) electrons. The molecule has 0 unspecified atom stereocenters. The van der Waals surface area contributed by atoms with Crippen LogP contribution in [0.2, 0.25) is 0 Å². The fraction of sp³-hybridized carbons (Fsp3) is 0.294. The third-order valence-corrected chi connectivity index (χ3v) is 3.94. The number of imidazole rings is 1. The number of hydrogen-bond acceptors (Lipinski definition) is 5. The normalized spacial score (nSPS) is 11.0. The summed E-state index contributed by atoms with van der Waals surface area (Å²) in [6, 6.07) is 4.66. The lowest BCUT2D eigenvalue weighted by Gasteiger charge is -2.13. The molecule has 3 heterocycles. The van der Waals surface area contributed by atoms with E-state index >= 15 is 0 Å². The maximum atomic E-state index is 13.4. The van der Waals surface area contributed by atoms with Crippen molar-refractivity contribution in [1.29, 1.82) is 0 Å². The number of anilines is 1. The topological polar surface area (TPSA) is 82.5 Å². The van der Waals surface area contributed by atoms with Gasteiger partial charge in [0, 0.05) is 12.4 Å². The fourth-order valence-corrected chi connectivity index (χ4v) is 2.69. The van der Waals surface area contributed by atoms with Crippen molar-refractivity contribution in [3.63, 3.8) is 0 Å². The van der Waals surface area contributed by atoms with Gasteiger partial charge in [-0.3, -0.25) is 0 Å². The molecule has 0 amide bonds. The summed E-state index contributed by atoms with van der Waals surface area (Å²) in [4.78, 5) is 8.20. The molecule has 0 aliphatic carbocycles. The summed E-state index contributed by atoms with van der Waals surface area (Å²) in [6.07, 6.45) is 5.36. The van der Waals surface area contributed by atoms with Crippen molar-refractivity contribution in [2.75, 3.05) is 5.73 Å². The van der Waals surface area contributed by atoms with Gasteiger partial charge in [0.05, 0.1) is 12.2 Å². The first-order valence-corrected chi connectivity index (χ1v) is 7.84. The molecule has 2 N–H and O–H groups in total. The van der Waals surface area contributed by atoms with Crippen LogP contribution in [0.3, 0.4) is 0 Å². The number of nitrogens with two attached hydrogens (primary N) is 1. The average molecular weight is 326 g/mol. The number of hydrogen-bond donors (Lipinski definition) is 1. The maximum absolute atomic E-state index is 13.4. The van der Waals surface area contributed by atoms with Gasteiger partial charge in [0.15, 0.2) is 5.82 Å². The van der Waals surface area contributed by atoms with E-state index in [4.69, 9.17) is 5.73 Å². The molecule has 0 saturated heterocycles. The molecule has 6 nitrogen and oxygen atoms in total. The molecular weight excluding hydrogens is 307 g/mol. The average Bonchev–Trinajstić information content (AvgIpc) is 3.02. The Labute approximate surface area is 139 Å². The lowest BCUT2D eigenvalue weighted by atomic mass is 10.0. The van der Waals surface area contributed by atoms with Crippen molar-refractivity contribution < 1.29 is 4.39 Å². The van der Waals surface area contributed by atoms with E-state index in [1.807, 2.05) is 17.7 Å². The van der Waals surface area contributed by atoms with Crippen molar-refractivity contribution in [2.45, 2.75) is 33.2 Å². The molecule has 0 aromatic carbocycles. The fourth-order valence-electron chi connectivity index (χ4n) is 2.69. The molecule has 0 saturated carbocycles. The molecule has 0 fully saturated rings. The van der Waals surface area contributed by atoms with Gasteiger partial charge in [0.25, 0.3) is 0 Å². The minimum absolute atomic E-state index is 0.458. The van der Waals surface area contributed by atoms with E-state index in [-0.39, 0.29) is 0 Å². The first-order chi connectivity index (χ1) is 11.6. The van der Waals surface area contributed by atoms with E-state index in [1.165, 1.54) is 6.07 Å². The van der Waals surface area contributed by atoms with Crippen LogP contribution in [0.4, 0.5) is 10.2 Å². The lowest BCUT2D eigenvalue weighted by Crippen LogP contribution is -2.12. The van der Waals surface area contributed by atoms with E-state index in [0.717, 1.165) is 29.7 Å². The predicted molar refractivity (Wildman–Crippen MR) is 89.7 cm³/mol. The largest absolute Gasteiger partial charge is 0.382 e. The number of pyridine rings is 1. The predicted octanol–water partition coefficient (Wildman–Crippen LogP) is 2.77. The second kappa shape index (κ2) is 6.74. The van der Waals surface area contributed by atoms with Gasteiger partial charge < -0.3 is 10.3 Å². The zero-order valence-corrected chi connectivity index (χ0v) is 13.7. The van der Waals surface area contributed by atoms with E-state index in [9.17, 15) is 4.39 Å². The van der Waals surface area contributed by atoms with Gasteiger partial charge in [-0.05, 0) is 36.6 Å². The van der Waals surface area contributed by atoms with Crippen LogP contribution in [0.25, 0.3) is 11.5 Å². The van der Waals surface area contributed by atoms with Crippen LogP contribution in [-0.4, -0.2) is 24.7 Å². The van der Waals surface area contributed by atoms with Crippen molar-refractivity contribution in [1.82, 2.24) is 24.7 Å². The van der Waals surface area contributed by atoms with Gasteiger partial charge >= 0.3 is 0 Å². The number of nitrogen functional groups attached to an aromatic ring is 1. The summed E-state index contributed by atoms with van der Waals surface area (Å²) in [5.74, 6) is 0.518. The second-order valence-electron chi connectivity index (χ2n) is 5.61. The van der Waals surface area contributed by atoms with Crippen LogP contribution >= 0.6 is 0 Å². The number of aromatic nitrogens is 5. The van der Waals surface area contributed by atoms with Crippen LogP contribution < -0.4 is 5.73 Å². The Kier molecular flexibility index (Phi) is 4.50. The Morgan fingerprint density at radius 2 is 2.08 bits per heavy atom. The van der Waals surface area contributed by atoms with E-state index in [0.29, 0.717) is 23.9 Å². The van der Waals surface area contributed by atoms with Gasteiger partial charge in [0.1, 0.15) is 11.5 Å². The number of nitrogens with zero attached hydrogens (tertiary/aromatic N) is 5. The maximum Gasteiger partial charge on any atom is 0.213 e. The first kappa shape index (κ1) is 16.0. The molecule has 0 atom stereocenters. The van der Waals surface area contributed by atoms with Gasteiger partial charge in [-0.25, -0.2) is 9.97 Å². The summed E-state index contributed by atoms with van der Waals surface area (Å²) in [5, 5.41) is 8.30. The highest BCUT2D eigenvalue weighted by atomic mass is 19.1. The van der Waals surface area contributed by atoms with Gasteiger partial charge in [-0.1, -0.05) is 19.4 Å². The SMILES string of the molecule is CCCc1c(Cn2ccnc2-c2cccc(F)n2)nnc(N)c1C. The van der Waals surface area contributed by atoms with Crippen molar-refractivity contribution in [2.24, 2.45) is 0 Å². The van der Waals surface area contributed by atoms with Crippen LogP contribution in [0.1, 0.15) is 30.2 Å². The van der Waals surface area contributed by atoms with Crippen molar-refractivity contribution in [3.05, 3.63) is 53.4 Å². The monoisotopic (exact) mass is 326 g/mol. The molecule has 3 aromatic heterocycles. The zero-order chi connectivity index (χ0) is 17.1. The molecule has 0 aliphatic heterocycles. The minimum Gasteiger partial charge on any atom is -0.382 e. The van der Waals surface area contributed by atoms with Crippen LogP contribution in [0.5, 0.6) is 0 Å². The molecule has 24 heavy (non-hydrogen) atoms. The highest BCUT2D eigenvalue weighted by Crippen LogP contribution is 2.21. The summed E-state index contributed by atoms with van der Waals surface area (Å²) in [6.45, 7) is 4.55. The smallest absolute Gasteiger partial charge is 0.213 e. The molecule has 124 valence electrons. The second-order valence-corrected chi connectivity index (χ2v) is 5.61. The highest BCUT2D eigenvalue weighted by Gasteiger charge is 2.14. The quantitative estimate of drug-likeness (QED) is 0.729. The van der Waals surface area contributed by atoms with Crippen LogP contribution in [0, 0.1) is 12.9 Å². The molecule has 0 aliphatic rings. The van der Waals surface area contributed by atoms with Crippen LogP contribution in [0.15, 0.2) is 30.6 Å². The van der Waals surface area contributed by atoms with E-state index in [1.54, 1.807) is 18.3 Å². The molecule has 0 spiro atoms. The minimum atomic E-state index is -0.531. The van der Waals surface area contributed by atoms with Crippen molar-refractivity contribution in [3.8, 4) is 11.5 Å². The third-order valence-electron chi connectivity index (χ3n) is 3.94.